The molecule has 0 radical (unpaired) electrons. The molecule has 6 aromatic heterocycles. The molecule has 19 heteroatoms. The van der Waals surface area contributed by atoms with Crippen LogP contribution in [-0.4, -0.2) is 112 Å². The number of para-hydroxylation sites is 6. The fourth-order valence-corrected chi connectivity index (χ4v) is 9.50. The molecule has 0 aliphatic carbocycles. The second-order valence-corrected chi connectivity index (χ2v) is 21.3. The monoisotopic (exact) mass is 1230 g/mol. The highest BCUT2D eigenvalue weighted by molar-refractivity contribution is 5.73. The third-order valence-corrected chi connectivity index (χ3v) is 14.5. The second kappa shape index (κ2) is 33.4. The van der Waals surface area contributed by atoms with E-state index in [0.717, 1.165) is 50.5 Å². The molecule has 3 atom stereocenters. The zero-order chi connectivity index (χ0) is 63.7. The minimum atomic E-state index is -0.551. The zero-order valence-electron chi connectivity index (χ0n) is 52.1. The maximum Gasteiger partial charge on any atom is 0.344 e. The van der Waals surface area contributed by atoms with Crippen molar-refractivity contribution in [2.75, 3.05) is 59.3 Å². The van der Waals surface area contributed by atoms with E-state index in [-0.39, 0.29) is 39.6 Å². The van der Waals surface area contributed by atoms with Gasteiger partial charge in [-0.05, 0) is 130 Å². The van der Waals surface area contributed by atoms with Gasteiger partial charge in [-0.25, -0.2) is 14.4 Å². The van der Waals surface area contributed by atoms with E-state index in [4.69, 9.17) is 42.6 Å². The molecule has 0 bridgehead atoms. The van der Waals surface area contributed by atoms with Gasteiger partial charge in [0.05, 0.1) is 34.2 Å². The van der Waals surface area contributed by atoms with Crippen molar-refractivity contribution < 1.29 is 57.0 Å². The van der Waals surface area contributed by atoms with Crippen LogP contribution in [0.2, 0.25) is 0 Å². The maximum absolute atomic E-state index is 13.3. The third-order valence-electron chi connectivity index (χ3n) is 14.5. The molecule has 0 N–H and O–H groups in total. The normalized spacial score (nSPS) is 12.0. The Morgan fingerprint density at radius 3 is 0.791 bits per heavy atom. The van der Waals surface area contributed by atoms with Crippen LogP contribution in [0, 0.1) is 20.8 Å². The van der Waals surface area contributed by atoms with Crippen LogP contribution in [0.3, 0.4) is 0 Å². The van der Waals surface area contributed by atoms with Crippen molar-refractivity contribution in [3.8, 4) is 68.7 Å². The predicted molar refractivity (Wildman–Crippen MR) is 343 cm³/mol. The molecule has 3 aromatic carbocycles. The first-order chi connectivity index (χ1) is 44.4. The molecule has 470 valence electrons. The Bertz CT molecular complexity index is 3360. The van der Waals surface area contributed by atoms with E-state index in [0.29, 0.717) is 90.5 Å². The van der Waals surface area contributed by atoms with Crippen LogP contribution >= 0.6 is 0 Å². The summed E-state index contributed by atoms with van der Waals surface area (Å²) in [5, 5.41) is 0. The fraction of sp³-hybridized carbons (Fsp3) is 0.292. The molecule has 9 aromatic rings. The Morgan fingerprint density at radius 1 is 0.330 bits per heavy atom. The van der Waals surface area contributed by atoms with Crippen molar-refractivity contribution in [3.05, 3.63) is 216 Å². The van der Waals surface area contributed by atoms with Gasteiger partial charge in [0.15, 0.2) is 54.3 Å². The number of pyridine rings is 6. The Kier molecular flexibility index (Phi) is 23.9. The second-order valence-electron chi connectivity index (χ2n) is 21.3. The number of hydrogen-bond donors (Lipinski definition) is 0. The molecule has 0 aliphatic heterocycles. The Balaban J connectivity index is 0.798. The van der Waals surface area contributed by atoms with Gasteiger partial charge in [0, 0.05) is 73.5 Å². The van der Waals surface area contributed by atoms with Crippen LogP contribution in [0.25, 0.3) is 34.2 Å². The first-order valence-electron chi connectivity index (χ1n) is 30.4. The first kappa shape index (κ1) is 65.2. The molecular formula is C72H75N7O12. The number of aromatic nitrogens is 6. The van der Waals surface area contributed by atoms with E-state index < -0.39 is 36.2 Å². The van der Waals surface area contributed by atoms with E-state index in [1.54, 1.807) is 91.8 Å². The lowest BCUT2D eigenvalue weighted by molar-refractivity contribution is -0.153. The Labute approximate surface area is 530 Å². The van der Waals surface area contributed by atoms with Crippen LogP contribution in [-0.2, 0) is 28.6 Å². The van der Waals surface area contributed by atoms with Crippen LogP contribution in [0.1, 0.15) is 91.7 Å². The van der Waals surface area contributed by atoms with Gasteiger partial charge in [-0.3, -0.25) is 34.8 Å². The standard InChI is InChI=1S/C72H75N7O12/c1-7-61(52-25-31-58(76-43-52)55-28-22-49(4)40-73-55)89-70(80)46-86-67-19-13-10-16-64(67)83-37-34-79(35-38-84-65-17-11-14-20-68(65)87-47-71(81)90-62(8-2)53-26-32-59(77-44-53)56-29-23-50(5)41-74-56)36-39-85-66-18-12-15-21-69(66)88-48-72(82)91-63(9-3)54-27-33-60(78-45-54)57-30-24-51(6)42-75-57/h10-33,40-45,61-63H,7-9,34-39,46-48H2,1-6H3/t61-,62-,63-/m0/s1. The van der Waals surface area contributed by atoms with Crippen LogP contribution in [0.4, 0.5) is 0 Å². The van der Waals surface area contributed by atoms with Gasteiger partial charge in [-0.1, -0.05) is 93.6 Å². The van der Waals surface area contributed by atoms with Gasteiger partial charge in [-0.2, -0.15) is 0 Å². The number of carbonyl (C=O) groups excluding carboxylic acids is 3. The predicted octanol–water partition coefficient (Wildman–Crippen LogP) is 13.0. The zero-order valence-corrected chi connectivity index (χ0v) is 52.1. The van der Waals surface area contributed by atoms with Gasteiger partial charge < -0.3 is 42.6 Å². The number of aryl methyl sites for hydroxylation is 3. The van der Waals surface area contributed by atoms with E-state index >= 15 is 0 Å². The molecule has 0 aliphatic rings. The highest BCUT2D eigenvalue weighted by Crippen LogP contribution is 2.32. The molecule has 0 fully saturated rings. The minimum Gasteiger partial charge on any atom is -0.488 e. The Morgan fingerprint density at radius 2 is 0.571 bits per heavy atom. The van der Waals surface area contributed by atoms with Crippen molar-refractivity contribution in [2.24, 2.45) is 0 Å². The van der Waals surface area contributed by atoms with E-state index in [1.165, 1.54) is 0 Å². The van der Waals surface area contributed by atoms with Gasteiger partial charge in [0.2, 0.25) is 0 Å². The molecule has 0 amide bonds. The fourth-order valence-electron chi connectivity index (χ4n) is 9.50. The summed E-state index contributed by atoms with van der Waals surface area (Å²) >= 11 is 0. The summed E-state index contributed by atoms with van der Waals surface area (Å²) in [5.41, 5.74) is 9.83. The third kappa shape index (κ3) is 19.4. The summed E-state index contributed by atoms with van der Waals surface area (Å²) in [6.07, 6.45) is 10.5. The summed E-state index contributed by atoms with van der Waals surface area (Å²) in [6, 6.07) is 44.3. The summed E-state index contributed by atoms with van der Waals surface area (Å²) in [7, 11) is 0. The average Bonchev–Trinajstić information content (AvgIpc) is 2.71. The number of carbonyl (C=O) groups is 3. The maximum atomic E-state index is 13.3. The topological polar surface area (TPSA) is 215 Å². The largest absolute Gasteiger partial charge is 0.488 e. The summed E-state index contributed by atoms with van der Waals surface area (Å²) in [5.74, 6) is 0.731. The summed E-state index contributed by atoms with van der Waals surface area (Å²) in [6.45, 7) is 12.5. The van der Waals surface area contributed by atoms with Crippen LogP contribution < -0.4 is 28.4 Å². The number of ether oxygens (including phenoxy) is 9. The van der Waals surface area contributed by atoms with Gasteiger partial charge in [0.1, 0.15) is 38.1 Å². The lowest BCUT2D eigenvalue weighted by Crippen LogP contribution is -2.35. The number of rotatable bonds is 33. The number of esters is 3. The summed E-state index contributed by atoms with van der Waals surface area (Å²) in [4.78, 5) is 69.0. The molecule has 0 saturated heterocycles. The number of benzene rings is 3. The minimum absolute atomic E-state index is 0.208. The molecular weight excluding hydrogens is 1150 g/mol. The van der Waals surface area contributed by atoms with Crippen LogP contribution in [0.15, 0.2) is 183 Å². The SMILES string of the molecule is CC[C@H](OC(=O)COc1ccccc1OCCN(CCOc1ccccc1OCC(=O)O[C@@H](CC)c1ccc(-c2ccc(C)cn2)nc1)CCOc1ccccc1OCC(=O)O[C@@H](CC)c1ccc(-c2ccc(C)cn2)nc1)c1ccc(-c2ccc(C)cn2)nc1. The van der Waals surface area contributed by atoms with Gasteiger partial charge >= 0.3 is 17.9 Å². The molecule has 19 nitrogen and oxygen atoms in total. The van der Waals surface area contributed by atoms with Gasteiger partial charge in [-0.15, -0.1) is 0 Å². The summed E-state index contributed by atoms with van der Waals surface area (Å²) < 4.78 is 54.6. The highest BCUT2D eigenvalue weighted by Gasteiger charge is 2.22. The highest BCUT2D eigenvalue weighted by atomic mass is 16.6. The van der Waals surface area contributed by atoms with Crippen molar-refractivity contribution in [1.29, 1.82) is 0 Å². The number of nitrogens with zero attached hydrogens (tertiary/aromatic N) is 7. The molecule has 9 rings (SSSR count). The first-order valence-corrected chi connectivity index (χ1v) is 30.4. The smallest absolute Gasteiger partial charge is 0.344 e. The number of hydrogen-bond acceptors (Lipinski definition) is 19. The lowest BCUT2D eigenvalue weighted by Gasteiger charge is -2.23. The van der Waals surface area contributed by atoms with E-state index in [2.05, 4.69) is 34.8 Å². The quantitative estimate of drug-likeness (QED) is 0.0276. The van der Waals surface area contributed by atoms with Crippen LogP contribution in [0.5, 0.6) is 34.5 Å². The molecule has 0 saturated carbocycles. The Hall–Kier alpha value is -10.3. The lowest BCUT2D eigenvalue weighted by atomic mass is 10.1. The molecule has 91 heavy (non-hydrogen) atoms. The van der Waals surface area contributed by atoms with E-state index in [9.17, 15) is 14.4 Å². The average molecular weight is 1230 g/mol. The van der Waals surface area contributed by atoms with Crippen molar-refractivity contribution in [3.63, 3.8) is 0 Å². The van der Waals surface area contributed by atoms with Crippen molar-refractivity contribution in [1.82, 2.24) is 34.8 Å². The van der Waals surface area contributed by atoms with Gasteiger partial charge in [0.25, 0.3) is 0 Å². The van der Waals surface area contributed by atoms with E-state index in [1.807, 2.05) is 133 Å². The molecule has 0 spiro atoms. The molecule has 0 unspecified atom stereocenters. The molecule has 6 heterocycles. The van der Waals surface area contributed by atoms with Crippen molar-refractivity contribution in [2.45, 2.75) is 79.1 Å². The van der Waals surface area contributed by atoms with Crippen molar-refractivity contribution >= 4 is 17.9 Å².